The molecule has 28 heavy (non-hydrogen) atoms. The molecular weight excluding hydrogens is 346 g/mol. The van der Waals surface area contributed by atoms with E-state index in [0.29, 0.717) is 12.1 Å². The smallest absolute Gasteiger partial charge is 0.319 e. The molecule has 3 aliphatic rings. The molecule has 2 heterocycles. The molecule has 2 bridgehead atoms. The standard InChI is InChI=1S/C24H29N3O/c28-24(26-23-12-5-4-11-22(23)17-7-2-1-3-8-17)25-18-15-20-9-6-10-21(16-18)27(20)19-13-14-19/h1-5,7-8,11-12,18-21H,6,9-10,13-16H2,(H2,25,26,28). The van der Waals surface area contributed by atoms with E-state index in [9.17, 15) is 4.79 Å². The van der Waals surface area contributed by atoms with Gasteiger partial charge in [-0.15, -0.1) is 0 Å². The number of fused-ring (bicyclic) bond motifs is 2. The van der Waals surface area contributed by atoms with Crippen LogP contribution in [0.4, 0.5) is 10.5 Å². The van der Waals surface area contributed by atoms with Crippen LogP contribution in [0.5, 0.6) is 0 Å². The van der Waals surface area contributed by atoms with Gasteiger partial charge in [-0.05, 0) is 50.2 Å². The highest BCUT2D eigenvalue weighted by molar-refractivity contribution is 5.94. The van der Waals surface area contributed by atoms with Crippen molar-refractivity contribution in [2.75, 3.05) is 5.32 Å². The number of nitrogens with zero attached hydrogens (tertiary/aromatic N) is 1. The molecule has 2 saturated heterocycles. The summed E-state index contributed by atoms with van der Waals surface area (Å²) in [6.45, 7) is 0. The van der Waals surface area contributed by atoms with Gasteiger partial charge in [0.25, 0.3) is 0 Å². The Bertz CT molecular complexity index is 819. The summed E-state index contributed by atoms with van der Waals surface area (Å²) < 4.78 is 0. The SMILES string of the molecule is O=C(Nc1ccccc1-c1ccccc1)NC1CC2CCCC(C1)N2C1CC1. The molecular formula is C24H29N3O. The van der Waals surface area contributed by atoms with Crippen LogP contribution in [-0.2, 0) is 0 Å². The molecule has 1 saturated carbocycles. The van der Waals surface area contributed by atoms with Crippen molar-refractivity contribution in [1.29, 1.82) is 0 Å². The first kappa shape index (κ1) is 17.7. The van der Waals surface area contributed by atoms with Gasteiger partial charge in [-0.1, -0.05) is 55.0 Å². The predicted octanol–water partition coefficient (Wildman–Crippen LogP) is 5.02. The lowest BCUT2D eigenvalue weighted by atomic mass is 9.81. The molecule has 146 valence electrons. The Hall–Kier alpha value is -2.33. The predicted molar refractivity (Wildman–Crippen MR) is 113 cm³/mol. The van der Waals surface area contributed by atoms with Crippen molar-refractivity contribution in [3.8, 4) is 11.1 Å². The lowest BCUT2D eigenvalue weighted by molar-refractivity contribution is 0.0198. The maximum Gasteiger partial charge on any atom is 0.319 e. The summed E-state index contributed by atoms with van der Waals surface area (Å²) in [5.41, 5.74) is 3.03. The summed E-state index contributed by atoms with van der Waals surface area (Å²) in [7, 11) is 0. The van der Waals surface area contributed by atoms with Gasteiger partial charge in [0.05, 0.1) is 5.69 Å². The van der Waals surface area contributed by atoms with Gasteiger partial charge in [0, 0.05) is 29.7 Å². The fourth-order valence-corrected chi connectivity index (χ4v) is 5.31. The number of benzene rings is 2. The third kappa shape index (κ3) is 3.66. The van der Waals surface area contributed by atoms with Crippen LogP contribution in [-0.4, -0.2) is 35.1 Å². The van der Waals surface area contributed by atoms with E-state index in [2.05, 4.69) is 33.7 Å². The zero-order chi connectivity index (χ0) is 18.9. The Morgan fingerprint density at radius 2 is 1.50 bits per heavy atom. The molecule has 0 spiro atoms. The molecule has 2 amide bonds. The number of carbonyl (C=O) groups is 1. The molecule has 2 atom stereocenters. The maximum atomic E-state index is 12.8. The number of hydrogen-bond donors (Lipinski definition) is 2. The third-order valence-electron chi connectivity index (χ3n) is 6.59. The number of hydrogen-bond acceptors (Lipinski definition) is 2. The minimum absolute atomic E-state index is 0.0775. The Labute approximate surface area is 167 Å². The van der Waals surface area contributed by atoms with Crippen molar-refractivity contribution in [2.45, 2.75) is 69.1 Å². The minimum Gasteiger partial charge on any atom is -0.335 e. The van der Waals surface area contributed by atoms with Gasteiger partial charge in [-0.25, -0.2) is 4.79 Å². The van der Waals surface area contributed by atoms with Crippen LogP contribution in [0.2, 0.25) is 0 Å². The largest absolute Gasteiger partial charge is 0.335 e. The van der Waals surface area contributed by atoms with E-state index in [1.165, 1.54) is 32.1 Å². The van der Waals surface area contributed by atoms with Crippen LogP contribution in [0.25, 0.3) is 11.1 Å². The second-order valence-corrected chi connectivity index (χ2v) is 8.60. The van der Waals surface area contributed by atoms with Crippen molar-refractivity contribution in [1.82, 2.24) is 10.2 Å². The van der Waals surface area contributed by atoms with Crippen LogP contribution in [0.3, 0.4) is 0 Å². The number of carbonyl (C=O) groups excluding carboxylic acids is 1. The fourth-order valence-electron chi connectivity index (χ4n) is 5.31. The zero-order valence-corrected chi connectivity index (χ0v) is 16.3. The molecule has 0 aromatic heterocycles. The molecule has 2 aromatic carbocycles. The lowest BCUT2D eigenvalue weighted by Gasteiger charge is -2.49. The van der Waals surface area contributed by atoms with Gasteiger partial charge >= 0.3 is 6.03 Å². The van der Waals surface area contributed by atoms with E-state index >= 15 is 0 Å². The van der Waals surface area contributed by atoms with E-state index in [0.717, 1.165) is 35.7 Å². The molecule has 2 aromatic rings. The van der Waals surface area contributed by atoms with E-state index in [1.54, 1.807) is 0 Å². The number of piperidine rings is 2. The number of anilines is 1. The van der Waals surface area contributed by atoms with Gasteiger partial charge < -0.3 is 10.6 Å². The van der Waals surface area contributed by atoms with Crippen LogP contribution in [0.15, 0.2) is 54.6 Å². The number of rotatable bonds is 4. The van der Waals surface area contributed by atoms with Crippen LogP contribution >= 0.6 is 0 Å². The molecule has 4 nitrogen and oxygen atoms in total. The molecule has 4 heteroatoms. The van der Waals surface area contributed by atoms with Gasteiger partial charge in [0.2, 0.25) is 0 Å². The summed E-state index contributed by atoms with van der Waals surface area (Å²) in [6.07, 6.45) is 8.89. The van der Waals surface area contributed by atoms with Crippen LogP contribution in [0.1, 0.15) is 44.9 Å². The van der Waals surface area contributed by atoms with Crippen molar-refractivity contribution < 1.29 is 4.79 Å². The average Bonchev–Trinajstić information content (AvgIpc) is 3.53. The quantitative estimate of drug-likeness (QED) is 0.788. The molecule has 2 aliphatic heterocycles. The van der Waals surface area contributed by atoms with E-state index in [4.69, 9.17) is 0 Å². The number of urea groups is 1. The molecule has 0 radical (unpaired) electrons. The van der Waals surface area contributed by atoms with E-state index in [1.807, 2.05) is 36.4 Å². The summed E-state index contributed by atoms with van der Waals surface area (Å²) in [5.74, 6) is 0. The Morgan fingerprint density at radius 1 is 0.821 bits per heavy atom. The number of nitrogens with one attached hydrogen (secondary N) is 2. The molecule has 2 unspecified atom stereocenters. The van der Waals surface area contributed by atoms with Crippen molar-refractivity contribution in [3.63, 3.8) is 0 Å². The molecule has 5 rings (SSSR count). The second kappa shape index (κ2) is 7.59. The molecule has 2 N–H and O–H groups in total. The summed E-state index contributed by atoms with van der Waals surface area (Å²) in [6, 6.07) is 20.6. The third-order valence-corrected chi connectivity index (χ3v) is 6.59. The average molecular weight is 376 g/mol. The van der Waals surface area contributed by atoms with Crippen molar-refractivity contribution in [3.05, 3.63) is 54.6 Å². The topological polar surface area (TPSA) is 44.4 Å². The molecule has 3 fully saturated rings. The van der Waals surface area contributed by atoms with Crippen LogP contribution in [0, 0.1) is 0 Å². The summed E-state index contributed by atoms with van der Waals surface area (Å²) in [5, 5.41) is 6.38. The second-order valence-electron chi connectivity index (χ2n) is 8.60. The first-order chi connectivity index (χ1) is 13.8. The normalized spacial score (nSPS) is 27.2. The van der Waals surface area contributed by atoms with E-state index in [-0.39, 0.29) is 12.1 Å². The Morgan fingerprint density at radius 3 is 2.21 bits per heavy atom. The molecule has 1 aliphatic carbocycles. The van der Waals surface area contributed by atoms with Gasteiger partial charge in [0.1, 0.15) is 0 Å². The zero-order valence-electron chi connectivity index (χ0n) is 16.3. The van der Waals surface area contributed by atoms with Gasteiger partial charge in [-0.3, -0.25) is 4.90 Å². The first-order valence-corrected chi connectivity index (χ1v) is 10.8. The van der Waals surface area contributed by atoms with Crippen molar-refractivity contribution >= 4 is 11.7 Å². The fraction of sp³-hybridized carbons (Fsp3) is 0.458. The number of amides is 2. The minimum atomic E-state index is -0.0775. The highest BCUT2D eigenvalue weighted by Crippen LogP contribution is 2.42. The first-order valence-electron chi connectivity index (χ1n) is 10.8. The maximum absolute atomic E-state index is 12.8. The Kier molecular flexibility index (Phi) is 4.81. The number of para-hydroxylation sites is 1. The van der Waals surface area contributed by atoms with Crippen LogP contribution < -0.4 is 10.6 Å². The lowest BCUT2D eigenvalue weighted by Crippen LogP contribution is -2.58. The van der Waals surface area contributed by atoms with Crippen molar-refractivity contribution in [2.24, 2.45) is 0 Å². The van der Waals surface area contributed by atoms with E-state index < -0.39 is 0 Å². The highest BCUT2D eigenvalue weighted by atomic mass is 16.2. The van der Waals surface area contributed by atoms with Gasteiger partial charge in [-0.2, -0.15) is 0 Å². The van der Waals surface area contributed by atoms with Gasteiger partial charge in [0.15, 0.2) is 0 Å². The highest BCUT2D eigenvalue weighted by Gasteiger charge is 2.45. The summed E-state index contributed by atoms with van der Waals surface area (Å²) in [4.78, 5) is 15.6. The Balaban J connectivity index is 1.25. The summed E-state index contributed by atoms with van der Waals surface area (Å²) >= 11 is 0. The monoisotopic (exact) mass is 375 g/mol.